The lowest BCUT2D eigenvalue weighted by Gasteiger charge is -2.40. The van der Waals surface area contributed by atoms with Crippen molar-refractivity contribution in [2.24, 2.45) is 0 Å². The number of carbonyl (C=O) groups excluding carboxylic acids is 1. The van der Waals surface area contributed by atoms with E-state index in [0.717, 1.165) is 51.4 Å². The molecule has 392 valence electrons. The van der Waals surface area contributed by atoms with Crippen molar-refractivity contribution in [3.05, 3.63) is 48.6 Å². The van der Waals surface area contributed by atoms with Gasteiger partial charge in [0, 0.05) is 6.42 Å². The first kappa shape index (κ1) is 63.2. The van der Waals surface area contributed by atoms with Crippen LogP contribution in [-0.2, 0) is 14.3 Å². The van der Waals surface area contributed by atoms with Gasteiger partial charge in [0.25, 0.3) is 0 Å². The minimum absolute atomic E-state index is 0.189. The van der Waals surface area contributed by atoms with Gasteiger partial charge in [-0.05, 0) is 70.6 Å². The van der Waals surface area contributed by atoms with E-state index in [0.29, 0.717) is 6.42 Å². The third-order valence-corrected chi connectivity index (χ3v) is 13.4. The van der Waals surface area contributed by atoms with Crippen LogP contribution in [0.1, 0.15) is 258 Å². The fourth-order valence-electron chi connectivity index (χ4n) is 8.83. The summed E-state index contributed by atoms with van der Waals surface area (Å²) in [6.45, 7) is 3.75. The van der Waals surface area contributed by atoms with Gasteiger partial charge in [-0.25, -0.2) is 0 Å². The normalized spacial score (nSPS) is 20.0. The van der Waals surface area contributed by atoms with Gasteiger partial charge in [0.05, 0.1) is 25.4 Å². The second-order valence-corrected chi connectivity index (χ2v) is 19.7. The van der Waals surface area contributed by atoms with Crippen molar-refractivity contribution in [1.82, 2.24) is 5.32 Å². The van der Waals surface area contributed by atoms with E-state index in [1.54, 1.807) is 6.08 Å². The second kappa shape index (κ2) is 47.8. The molecule has 0 aromatic rings. The maximum Gasteiger partial charge on any atom is 0.220 e. The van der Waals surface area contributed by atoms with Gasteiger partial charge in [-0.2, -0.15) is 0 Å². The van der Waals surface area contributed by atoms with Gasteiger partial charge in [-0.15, -0.1) is 0 Å². The number of allylic oxidation sites excluding steroid dienone is 7. The lowest BCUT2D eigenvalue weighted by Crippen LogP contribution is -2.60. The van der Waals surface area contributed by atoms with Crippen LogP contribution in [0.25, 0.3) is 0 Å². The van der Waals surface area contributed by atoms with Gasteiger partial charge >= 0.3 is 0 Å². The number of aliphatic hydroxyl groups excluding tert-OH is 5. The molecule has 0 aromatic heterocycles. The molecule has 1 fully saturated rings. The highest BCUT2D eigenvalue weighted by molar-refractivity contribution is 5.76. The quantitative estimate of drug-likeness (QED) is 0.0261. The fourth-order valence-corrected chi connectivity index (χ4v) is 8.83. The lowest BCUT2D eigenvalue weighted by atomic mass is 9.99. The van der Waals surface area contributed by atoms with Gasteiger partial charge in [0.15, 0.2) is 6.29 Å². The number of hydrogen-bond donors (Lipinski definition) is 6. The third-order valence-electron chi connectivity index (χ3n) is 13.4. The highest BCUT2D eigenvalue weighted by atomic mass is 16.7. The molecule has 1 aliphatic rings. The van der Waals surface area contributed by atoms with E-state index in [2.05, 4.69) is 55.6 Å². The van der Waals surface area contributed by atoms with E-state index < -0.39 is 49.5 Å². The fraction of sp³-hybridized carbons (Fsp3) is 0.845. The number of hydrogen-bond acceptors (Lipinski definition) is 8. The Balaban J connectivity index is 2.19. The largest absolute Gasteiger partial charge is 0.394 e. The minimum Gasteiger partial charge on any atom is -0.394 e. The van der Waals surface area contributed by atoms with Crippen molar-refractivity contribution in [1.29, 1.82) is 0 Å². The SMILES string of the molecule is CCCCCCC/C=C/CC/C=C/CC/C=C/C(O)C(COC1OC(CO)C(O)C(O)C1O)NC(=O)CCCCCCCCCCCCCCCCCCC/C=C\CCCCCCCCCC. The van der Waals surface area contributed by atoms with Crippen LogP contribution in [0.5, 0.6) is 0 Å². The van der Waals surface area contributed by atoms with Crippen LogP contribution in [0.2, 0.25) is 0 Å². The Labute approximate surface area is 412 Å². The van der Waals surface area contributed by atoms with Gasteiger partial charge in [0.1, 0.15) is 24.4 Å². The van der Waals surface area contributed by atoms with Crippen LogP contribution in [0.3, 0.4) is 0 Å². The molecule has 1 heterocycles. The van der Waals surface area contributed by atoms with Crippen molar-refractivity contribution in [3.63, 3.8) is 0 Å². The van der Waals surface area contributed by atoms with E-state index in [1.807, 2.05) is 6.08 Å². The monoisotopic (exact) mass is 946 g/mol. The first-order valence-corrected chi connectivity index (χ1v) is 28.4. The highest BCUT2D eigenvalue weighted by Crippen LogP contribution is 2.23. The number of carbonyl (C=O) groups is 1. The van der Waals surface area contributed by atoms with E-state index in [4.69, 9.17) is 9.47 Å². The summed E-state index contributed by atoms with van der Waals surface area (Å²) in [6, 6.07) is -0.827. The Morgan fingerprint density at radius 2 is 0.851 bits per heavy atom. The van der Waals surface area contributed by atoms with Crippen LogP contribution < -0.4 is 5.32 Å². The zero-order chi connectivity index (χ0) is 48.7. The molecular weight excluding hydrogens is 839 g/mol. The van der Waals surface area contributed by atoms with E-state index in [-0.39, 0.29) is 12.5 Å². The topological polar surface area (TPSA) is 149 Å². The molecule has 1 rings (SSSR count). The van der Waals surface area contributed by atoms with Gasteiger partial charge in [0.2, 0.25) is 5.91 Å². The van der Waals surface area contributed by atoms with Crippen molar-refractivity contribution >= 4 is 5.91 Å². The van der Waals surface area contributed by atoms with Crippen molar-refractivity contribution in [2.75, 3.05) is 13.2 Å². The number of unbranched alkanes of at least 4 members (excludes halogenated alkanes) is 32. The molecule has 67 heavy (non-hydrogen) atoms. The smallest absolute Gasteiger partial charge is 0.220 e. The van der Waals surface area contributed by atoms with Crippen LogP contribution in [0.4, 0.5) is 0 Å². The predicted molar refractivity (Wildman–Crippen MR) is 281 cm³/mol. The molecule has 0 aromatic carbocycles. The third kappa shape index (κ3) is 37.6. The number of rotatable bonds is 48. The highest BCUT2D eigenvalue weighted by Gasteiger charge is 2.44. The molecule has 1 amide bonds. The molecule has 0 bridgehead atoms. The molecule has 0 radical (unpaired) electrons. The van der Waals surface area contributed by atoms with Crippen molar-refractivity contribution in [3.8, 4) is 0 Å². The standard InChI is InChI=1S/C58H107NO8/c1-3-5-7-9-11-13-15-17-19-20-21-22-23-24-25-26-27-28-29-30-31-32-34-36-38-40-42-44-46-48-54(62)59-51(50-66-58-57(65)56(64)55(63)53(49-60)67-58)52(61)47-45-43-41-39-37-35-33-18-16-14-12-10-8-6-4-2/h16,18,20-21,37,39,45,47,51-53,55-58,60-61,63-65H,3-15,17,19,22-36,38,40-44,46,48-50H2,1-2H3,(H,59,62)/b18-16+,21-20-,39-37+,47-45+. The van der Waals surface area contributed by atoms with E-state index in [9.17, 15) is 30.3 Å². The van der Waals surface area contributed by atoms with Crippen LogP contribution in [0, 0.1) is 0 Å². The average molecular weight is 946 g/mol. The average Bonchev–Trinajstić information content (AvgIpc) is 3.33. The predicted octanol–water partition coefficient (Wildman–Crippen LogP) is 13.7. The molecule has 0 aliphatic carbocycles. The number of amides is 1. The Hall–Kier alpha value is -1.85. The minimum atomic E-state index is -1.57. The molecule has 9 nitrogen and oxygen atoms in total. The Morgan fingerprint density at radius 3 is 1.25 bits per heavy atom. The molecule has 7 atom stereocenters. The van der Waals surface area contributed by atoms with E-state index >= 15 is 0 Å². The zero-order valence-corrected chi connectivity index (χ0v) is 43.4. The number of ether oxygens (including phenoxy) is 2. The summed E-state index contributed by atoms with van der Waals surface area (Å²) in [4.78, 5) is 13.0. The number of nitrogens with one attached hydrogen (secondary N) is 1. The van der Waals surface area contributed by atoms with Crippen LogP contribution >= 0.6 is 0 Å². The summed E-state index contributed by atoms with van der Waals surface area (Å²) in [6.07, 6.45) is 56.1. The van der Waals surface area contributed by atoms with Gasteiger partial charge in [-0.1, -0.05) is 229 Å². The van der Waals surface area contributed by atoms with Crippen LogP contribution in [0.15, 0.2) is 48.6 Å². The molecule has 0 spiro atoms. The van der Waals surface area contributed by atoms with Crippen molar-refractivity contribution < 1.29 is 39.8 Å². The summed E-state index contributed by atoms with van der Waals surface area (Å²) in [5.41, 5.74) is 0. The molecule has 1 aliphatic heterocycles. The number of aliphatic hydroxyl groups is 5. The maximum atomic E-state index is 13.0. The molecular formula is C58H107NO8. The first-order valence-electron chi connectivity index (χ1n) is 28.4. The van der Waals surface area contributed by atoms with Crippen LogP contribution in [-0.4, -0.2) is 87.5 Å². The molecule has 0 saturated carbocycles. The Morgan fingerprint density at radius 1 is 0.493 bits per heavy atom. The summed E-state index contributed by atoms with van der Waals surface area (Å²) in [7, 11) is 0. The molecule has 1 saturated heterocycles. The summed E-state index contributed by atoms with van der Waals surface area (Å²) in [5, 5.41) is 54.4. The Bertz CT molecular complexity index is 1190. The maximum absolute atomic E-state index is 13.0. The van der Waals surface area contributed by atoms with Gasteiger partial charge in [-0.3, -0.25) is 4.79 Å². The molecule has 7 unspecified atom stereocenters. The second-order valence-electron chi connectivity index (χ2n) is 19.7. The van der Waals surface area contributed by atoms with Gasteiger partial charge < -0.3 is 40.3 Å². The van der Waals surface area contributed by atoms with Crippen molar-refractivity contribution in [2.45, 2.75) is 301 Å². The molecule has 6 N–H and O–H groups in total. The van der Waals surface area contributed by atoms with E-state index in [1.165, 1.54) is 186 Å². The first-order chi connectivity index (χ1) is 32.8. The lowest BCUT2D eigenvalue weighted by molar-refractivity contribution is -0.302. The summed E-state index contributed by atoms with van der Waals surface area (Å²) >= 11 is 0. The summed E-state index contributed by atoms with van der Waals surface area (Å²) < 4.78 is 11.2. The summed E-state index contributed by atoms with van der Waals surface area (Å²) in [5.74, 6) is -0.189. The Kier molecular flexibility index (Phi) is 45.1. The zero-order valence-electron chi connectivity index (χ0n) is 43.4. The molecule has 9 heteroatoms.